The second-order valence-corrected chi connectivity index (χ2v) is 11.4. The van der Waals surface area contributed by atoms with Gasteiger partial charge in [0.2, 0.25) is 15.7 Å². The minimum Gasteiger partial charge on any atom is -0.492 e. The average Bonchev–Trinajstić information content (AvgIpc) is 2.95. The second-order valence-electron chi connectivity index (χ2n) is 9.55. The molecule has 0 spiro atoms. The summed E-state index contributed by atoms with van der Waals surface area (Å²) in [5.74, 6) is -1.37. The van der Waals surface area contributed by atoms with E-state index in [1.807, 2.05) is 19.1 Å². The van der Waals surface area contributed by atoms with Gasteiger partial charge in [-0.25, -0.2) is 12.8 Å². The number of benzene rings is 2. The Labute approximate surface area is 230 Å². The van der Waals surface area contributed by atoms with Gasteiger partial charge in [-0.2, -0.15) is 4.98 Å². The molecule has 1 N–H and O–H groups in total. The summed E-state index contributed by atoms with van der Waals surface area (Å²) in [5, 5.41) is 10.8. The van der Waals surface area contributed by atoms with Gasteiger partial charge in [0.1, 0.15) is 17.2 Å². The lowest BCUT2D eigenvalue weighted by atomic mass is 9.81. The maximum Gasteiger partial charge on any atom is 0.278 e. The molecule has 4 aromatic rings. The summed E-state index contributed by atoms with van der Waals surface area (Å²) < 4.78 is 42.3. The molecular weight excluding hydrogens is 533 g/mol. The van der Waals surface area contributed by atoms with Crippen LogP contribution in [0.1, 0.15) is 36.7 Å². The number of aromatic hydroxyl groups is 1. The average molecular weight is 560 g/mol. The van der Waals surface area contributed by atoms with E-state index < -0.39 is 37.5 Å². The van der Waals surface area contributed by atoms with Crippen molar-refractivity contribution in [2.75, 3.05) is 0 Å². The fourth-order valence-corrected chi connectivity index (χ4v) is 6.40. The van der Waals surface area contributed by atoms with E-state index >= 15 is 0 Å². The van der Waals surface area contributed by atoms with Crippen LogP contribution in [0, 0.1) is 5.82 Å². The van der Waals surface area contributed by atoms with Crippen molar-refractivity contribution in [3.8, 4) is 17.0 Å². The SMILES string of the molecule is CCCCc1nc(O)c(S(=O)(=O)c2ccc(-c3cncc(F)c3)cc2)c(=O)n1[C@@]1(C=O)C=CCc2ccccc21. The molecule has 0 saturated heterocycles. The van der Waals surface area contributed by atoms with Crippen LogP contribution in [-0.4, -0.2) is 34.3 Å². The van der Waals surface area contributed by atoms with Gasteiger partial charge in [0.15, 0.2) is 11.2 Å². The summed E-state index contributed by atoms with van der Waals surface area (Å²) in [6.07, 6.45) is 8.54. The van der Waals surface area contributed by atoms with Crippen LogP contribution in [0.3, 0.4) is 0 Å². The van der Waals surface area contributed by atoms with Crippen molar-refractivity contribution >= 4 is 16.1 Å². The molecule has 8 nitrogen and oxygen atoms in total. The van der Waals surface area contributed by atoms with E-state index in [0.29, 0.717) is 35.8 Å². The van der Waals surface area contributed by atoms with E-state index in [2.05, 4.69) is 9.97 Å². The molecule has 1 aliphatic carbocycles. The van der Waals surface area contributed by atoms with Gasteiger partial charge in [-0.1, -0.05) is 61.9 Å². The second kappa shape index (κ2) is 10.6. The summed E-state index contributed by atoms with van der Waals surface area (Å²) >= 11 is 0. The fraction of sp³-hybridized carbons (Fsp3) is 0.200. The zero-order chi connectivity index (χ0) is 28.5. The number of sulfone groups is 1. The number of aldehydes is 1. The molecule has 0 amide bonds. The Hall–Kier alpha value is -4.44. The van der Waals surface area contributed by atoms with Crippen molar-refractivity contribution < 1.29 is 22.7 Å². The van der Waals surface area contributed by atoms with Crippen LogP contribution in [0.5, 0.6) is 5.88 Å². The Morgan fingerprint density at radius 2 is 1.85 bits per heavy atom. The van der Waals surface area contributed by atoms with E-state index in [-0.39, 0.29) is 17.1 Å². The maximum atomic E-state index is 14.1. The van der Waals surface area contributed by atoms with Gasteiger partial charge in [-0.3, -0.25) is 19.1 Å². The first-order chi connectivity index (χ1) is 19.2. The van der Waals surface area contributed by atoms with Crippen LogP contribution in [0.25, 0.3) is 11.1 Å². The quantitative estimate of drug-likeness (QED) is 0.251. The van der Waals surface area contributed by atoms with Gasteiger partial charge < -0.3 is 5.11 Å². The molecule has 1 aliphatic rings. The first-order valence-corrected chi connectivity index (χ1v) is 14.2. The summed E-state index contributed by atoms with van der Waals surface area (Å²) in [6.45, 7) is 1.94. The Kier molecular flexibility index (Phi) is 7.20. The van der Waals surface area contributed by atoms with Crippen LogP contribution in [0.15, 0.2) is 93.7 Å². The number of halogens is 1. The first-order valence-electron chi connectivity index (χ1n) is 12.8. The third-order valence-electron chi connectivity index (χ3n) is 7.03. The lowest BCUT2D eigenvalue weighted by Gasteiger charge is -2.34. The van der Waals surface area contributed by atoms with Gasteiger partial charge in [-0.15, -0.1) is 0 Å². The van der Waals surface area contributed by atoms with Crippen LogP contribution < -0.4 is 5.56 Å². The molecule has 2 aromatic carbocycles. The minimum atomic E-state index is -4.59. The highest BCUT2D eigenvalue weighted by Crippen LogP contribution is 2.35. The van der Waals surface area contributed by atoms with Gasteiger partial charge in [0.25, 0.3) is 5.56 Å². The Morgan fingerprint density at radius 1 is 1.10 bits per heavy atom. The van der Waals surface area contributed by atoms with Crippen molar-refractivity contribution in [1.29, 1.82) is 0 Å². The maximum absolute atomic E-state index is 14.1. The number of allylic oxidation sites excluding steroid dienone is 2. The normalized spacial score (nSPS) is 16.4. The van der Waals surface area contributed by atoms with E-state index in [4.69, 9.17) is 0 Å². The summed E-state index contributed by atoms with van der Waals surface area (Å²) in [5.41, 5.74) is -0.405. The number of hydrogen-bond acceptors (Lipinski definition) is 7. The predicted molar refractivity (Wildman–Crippen MR) is 146 cm³/mol. The van der Waals surface area contributed by atoms with Crippen molar-refractivity contribution in [3.63, 3.8) is 0 Å². The van der Waals surface area contributed by atoms with Crippen molar-refractivity contribution in [2.24, 2.45) is 0 Å². The van der Waals surface area contributed by atoms with Gasteiger partial charge in [0.05, 0.1) is 11.1 Å². The van der Waals surface area contributed by atoms with Crippen molar-refractivity contribution in [3.05, 3.63) is 112 Å². The third kappa shape index (κ3) is 4.54. The number of unbranched alkanes of at least 4 members (excludes halogenated alkanes) is 1. The van der Waals surface area contributed by atoms with Crippen molar-refractivity contribution in [1.82, 2.24) is 14.5 Å². The molecule has 1 atom stereocenters. The predicted octanol–water partition coefficient (Wildman–Crippen LogP) is 4.38. The molecule has 40 heavy (non-hydrogen) atoms. The highest BCUT2D eigenvalue weighted by molar-refractivity contribution is 7.91. The van der Waals surface area contributed by atoms with E-state index in [1.54, 1.807) is 24.3 Å². The number of nitrogens with zero attached hydrogens (tertiary/aromatic N) is 3. The zero-order valence-electron chi connectivity index (χ0n) is 21.6. The largest absolute Gasteiger partial charge is 0.492 e. The van der Waals surface area contributed by atoms with Crippen LogP contribution in [0.2, 0.25) is 0 Å². The van der Waals surface area contributed by atoms with Crippen LogP contribution in [0.4, 0.5) is 4.39 Å². The molecule has 0 unspecified atom stereocenters. The summed E-state index contributed by atoms with van der Waals surface area (Å²) in [6, 6.07) is 13.8. The Balaban J connectivity index is 1.71. The lowest BCUT2D eigenvalue weighted by molar-refractivity contribution is -0.112. The zero-order valence-corrected chi connectivity index (χ0v) is 22.4. The number of carbonyl (C=O) groups is 1. The molecule has 5 rings (SSSR count). The number of aromatic nitrogens is 3. The smallest absolute Gasteiger partial charge is 0.278 e. The molecule has 2 aromatic heterocycles. The monoisotopic (exact) mass is 559 g/mol. The van der Waals surface area contributed by atoms with E-state index in [0.717, 1.165) is 22.7 Å². The number of carbonyl (C=O) groups excluding carboxylic acids is 1. The van der Waals surface area contributed by atoms with E-state index in [9.17, 15) is 27.5 Å². The Bertz CT molecular complexity index is 1800. The fourth-order valence-electron chi connectivity index (χ4n) is 5.07. The summed E-state index contributed by atoms with van der Waals surface area (Å²) in [4.78, 5) is 33.8. The molecule has 0 bridgehead atoms. The molecular formula is C30H26FN3O5S. The standard InChI is InChI=1S/C30H26FN3O5S/c1-2-3-10-26-33-28(36)27(29(37)34(26)30(19-35)15-6-8-21-7-4-5-9-25(21)30)40(38,39)24-13-11-20(12-14-24)22-16-23(31)18-32-17-22/h4-7,9,11-19,36H,2-3,8,10H2,1H3/t30-/m1/s1. The molecule has 0 fully saturated rings. The molecule has 0 radical (unpaired) electrons. The highest BCUT2D eigenvalue weighted by atomic mass is 32.2. The first kappa shape index (κ1) is 27.1. The summed E-state index contributed by atoms with van der Waals surface area (Å²) in [7, 11) is -4.59. The van der Waals surface area contributed by atoms with Crippen LogP contribution >= 0.6 is 0 Å². The van der Waals surface area contributed by atoms with Crippen molar-refractivity contribution in [2.45, 2.75) is 47.9 Å². The van der Waals surface area contributed by atoms with Crippen LogP contribution in [-0.2, 0) is 33.0 Å². The van der Waals surface area contributed by atoms with Gasteiger partial charge in [0, 0.05) is 18.2 Å². The van der Waals surface area contributed by atoms with E-state index in [1.165, 1.54) is 36.5 Å². The number of hydrogen-bond donors (Lipinski definition) is 1. The van der Waals surface area contributed by atoms with Gasteiger partial charge >= 0.3 is 0 Å². The molecule has 204 valence electrons. The molecule has 10 heteroatoms. The topological polar surface area (TPSA) is 119 Å². The number of rotatable bonds is 8. The highest BCUT2D eigenvalue weighted by Gasteiger charge is 2.41. The molecule has 0 aliphatic heterocycles. The Morgan fingerprint density at radius 3 is 2.55 bits per heavy atom. The number of fused-ring (bicyclic) bond motifs is 1. The third-order valence-corrected chi connectivity index (χ3v) is 8.81. The lowest BCUT2D eigenvalue weighted by Crippen LogP contribution is -2.47. The molecule has 0 saturated carbocycles. The molecule has 2 heterocycles. The number of pyridine rings is 1. The minimum absolute atomic E-state index is 0.103. The van der Waals surface area contributed by atoms with Gasteiger partial charge in [-0.05, 0) is 47.7 Å². The number of aryl methyl sites for hydroxylation is 1.